The van der Waals surface area contributed by atoms with Crippen LogP contribution in [0.25, 0.3) is 243 Å². The Balaban J connectivity index is 0.582. The van der Waals surface area contributed by atoms with E-state index in [1.54, 1.807) is 0 Å². The van der Waals surface area contributed by atoms with E-state index in [-0.39, 0.29) is 0 Å². The molecule has 8 nitrogen and oxygen atoms in total. The molecule has 0 aliphatic carbocycles. The van der Waals surface area contributed by atoms with E-state index >= 15 is 0 Å². The summed E-state index contributed by atoms with van der Waals surface area (Å²) in [5.41, 5.74) is 29.4. The van der Waals surface area contributed by atoms with Gasteiger partial charge >= 0.3 is 0 Å². The van der Waals surface area contributed by atoms with Crippen molar-refractivity contribution in [2.45, 2.75) is 0 Å². The summed E-state index contributed by atoms with van der Waals surface area (Å²) in [6.07, 6.45) is 0. The lowest BCUT2D eigenvalue weighted by Gasteiger charge is -2.14. The van der Waals surface area contributed by atoms with Crippen molar-refractivity contribution in [1.29, 1.82) is 0 Å². The molecule has 0 unspecified atom stereocenters. The number of hydrogen-bond donors (Lipinski definition) is 0. The van der Waals surface area contributed by atoms with Crippen molar-refractivity contribution < 1.29 is 0 Å². The molecule has 19 aromatic carbocycles. The molecule has 0 spiro atoms. The standard InChI is InChI=1S/C116H72N8/c1-3-27-77(28-4-1)102-69-103(118-115(117-102)80-50-48-76(49-51-80)90-43-22-32-74-25-9-11-36-89(74)90)79-53-58-86(59-54-79)121-108-45-19-16-41-95(108)100-68-101-97-66-84(57-63-110(97)124(114(101)72-112(100)121)106-47-23-33-75-26-10-12-38-92(75)106)82-34-21-35-85(64-82)91-37-13-14-39-93(91)105-70-104(78-29-5-2-6-30-78)119-116(120-105)81-55-60-87(61-56-81)122-107-44-18-15-40-94(107)98-67-99-96-42-17-20-46-109(96)123(113(99)71-111(98)122)88-62-52-73-24-7-8-31-83(73)65-88/h1-72H. The van der Waals surface area contributed by atoms with Crippen molar-refractivity contribution in [3.63, 3.8) is 0 Å². The monoisotopic (exact) mass is 1580 g/mol. The molecule has 0 amide bonds. The number of benzene rings is 19. The smallest absolute Gasteiger partial charge is 0.160 e. The summed E-state index contributed by atoms with van der Waals surface area (Å²) in [5, 5.41) is 16.8. The van der Waals surface area contributed by atoms with E-state index in [1.165, 1.54) is 81.1 Å². The maximum absolute atomic E-state index is 5.56. The van der Waals surface area contributed by atoms with Gasteiger partial charge in [-0.2, -0.15) is 0 Å². The van der Waals surface area contributed by atoms with Gasteiger partial charge in [-0.3, -0.25) is 0 Å². The van der Waals surface area contributed by atoms with Crippen LogP contribution in [0.1, 0.15) is 0 Å². The Labute approximate surface area is 713 Å². The molecule has 124 heavy (non-hydrogen) atoms. The molecular formula is C116H72N8. The van der Waals surface area contributed by atoms with Crippen molar-refractivity contribution in [3.8, 4) is 124 Å². The number of fused-ring (bicyclic) bond motifs is 15. The third-order valence-electron chi connectivity index (χ3n) is 25.4. The minimum absolute atomic E-state index is 0.644. The Morgan fingerprint density at radius 1 is 0.145 bits per heavy atom. The van der Waals surface area contributed by atoms with Crippen LogP contribution < -0.4 is 0 Å². The van der Waals surface area contributed by atoms with Crippen molar-refractivity contribution >= 4 is 120 Å². The zero-order chi connectivity index (χ0) is 81.5. The molecule has 8 heteroatoms. The topological polar surface area (TPSA) is 71.3 Å². The summed E-state index contributed by atoms with van der Waals surface area (Å²) in [5.74, 6) is 1.31. The van der Waals surface area contributed by atoms with Crippen molar-refractivity contribution in [1.82, 2.24) is 38.2 Å². The first-order valence-electron chi connectivity index (χ1n) is 42.3. The summed E-state index contributed by atoms with van der Waals surface area (Å²) in [6.45, 7) is 0. The van der Waals surface area contributed by atoms with Gasteiger partial charge in [0.2, 0.25) is 0 Å². The van der Waals surface area contributed by atoms with E-state index in [2.05, 4.69) is 449 Å². The van der Waals surface area contributed by atoms with Crippen LogP contribution in [0.5, 0.6) is 0 Å². The Bertz CT molecular complexity index is 8640. The summed E-state index contributed by atoms with van der Waals surface area (Å²) in [6, 6.07) is 158. The zero-order valence-corrected chi connectivity index (χ0v) is 67.1. The van der Waals surface area contributed by atoms with Crippen LogP contribution >= 0.6 is 0 Å². The van der Waals surface area contributed by atoms with E-state index in [0.717, 1.165) is 151 Å². The number of para-hydroxylation sites is 3. The van der Waals surface area contributed by atoms with E-state index < -0.39 is 0 Å². The first-order valence-corrected chi connectivity index (χ1v) is 42.3. The molecule has 0 atom stereocenters. The first kappa shape index (κ1) is 70.3. The minimum Gasteiger partial charge on any atom is -0.309 e. The molecule has 25 aromatic rings. The van der Waals surface area contributed by atoms with Crippen molar-refractivity contribution in [2.75, 3.05) is 0 Å². The largest absolute Gasteiger partial charge is 0.309 e. The Kier molecular flexibility index (Phi) is 16.2. The molecule has 0 bridgehead atoms. The Morgan fingerprint density at radius 2 is 0.508 bits per heavy atom. The number of rotatable bonds is 13. The molecule has 6 aromatic heterocycles. The minimum atomic E-state index is 0.644. The summed E-state index contributed by atoms with van der Waals surface area (Å²) >= 11 is 0. The van der Waals surface area contributed by atoms with Crippen LogP contribution in [-0.4, -0.2) is 38.2 Å². The third-order valence-corrected chi connectivity index (χ3v) is 25.4. The number of hydrogen-bond acceptors (Lipinski definition) is 4. The van der Waals surface area contributed by atoms with Gasteiger partial charge in [0, 0.05) is 98.9 Å². The van der Waals surface area contributed by atoms with Gasteiger partial charge in [-0.25, -0.2) is 19.9 Å². The highest BCUT2D eigenvalue weighted by Crippen LogP contribution is 2.46. The highest BCUT2D eigenvalue weighted by molar-refractivity contribution is 6.22. The molecule has 0 radical (unpaired) electrons. The van der Waals surface area contributed by atoms with Gasteiger partial charge in [-0.1, -0.05) is 309 Å². The van der Waals surface area contributed by atoms with Crippen LogP contribution in [0.4, 0.5) is 0 Å². The first-order chi connectivity index (χ1) is 61.4. The lowest BCUT2D eigenvalue weighted by Crippen LogP contribution is -1.98. The second-order valence-electron chi connectivity index (χ2n) is 32.4. The average molecular weight is 1580 g/mol. The predicted molar refractivity (Wildman–Crippen MR) is 516 cm³/mol. The van der Waals surface area contributed by atoms with Crippen LogP contribution in [0.3, 0.4) is 0 Å². The third kappa shape index (κ3) is 11.6. The Hall–Kier alpha value is -16.7. The maximum Gasteiger partial charge on any atom is 0.160 e. The van der Waals surface area contributed by atoms with Gasteiger partial charge < -0.3 is 18.3 Å². The zero-order valence-electron chi connectivity index (χ0n) is 67.1. The molecule has 25 rings (SSSR count). The van der Waals surface area contributed by atoms with Gasteiger partial charge in [0.25, 0.3) is 0 Å². The highest BCUT2D eigenvalue weighted by Gasteiger charge is 2.25. The number of aromatic nitrogens is 8. The normalized spacial score (nSPS) is 11.9. The second kappa shape index (κ2) is 28.5. The highest BCUT2D eigenvalue weighted by atomic mass is 15.0. The second-order valence-corrected chi connectivity index (χ2v) is 32.4. The fourth-order valence-electron chi connectivity index (χ4n) is 19.5. The van der Waals surface area contributed by atoms with Gasteiger partial charge in [0.1, 0.15) is 0 Å². The van der Waals surface area contributed by atoms with Gasteiger partial charge in [-0.15, -0.1) is 0 Å². The van der Waals surface area contributed by atoms with E-state index in [9.17, 15) is 0 Å². The molecule has 0 N–H and O–H groups in total. The summed E-state index contributed by atoms with van der Waals surface area (Å²) < 4.78 is 9.78. The lowest BCUT2D eigenvalue weighted by atomic mass is 9.93. The predicted octanol–water partition coefficient (Wildman–Crippen LogP) is 30.1. The molecule has 0 saturated heterocycles. The molecule has 0 aliphatic rings. The lowest BCUT2D eigenvalue weighted by molar-refractivity contribution is 1.16. The fourth-order valence-corrected chi connectivity index (χ4v) is 19.5. The number of nitrogens with zero attached hydrogens (tertiary/aromatic N) is 8. The van der Waals surface area contributed by atoms with Crippen LogP contribution in [-0.2, 0) is 0 Å². The van der Waals surface area contributed by atoms with Gasteiger partial charge in [0.15, 0.2) is 11.6 Å². The molecular weight excluding hydrogens is 1510 g/mol. The van der Waals surface area contributed by atoms with Gasteiger partial charge in [-0.05, 0) is 188 Å². The molecule has 6 heterocycles. The van der Waals surface area contributed by atoms with Crippen molar-refractivity contribution in [2.24, 2.45) is 0 Å². The van der Waals surface area contributed by atoms with Crippen LogP contribution in [0.2, 0.25) is 0 Å². The molecule has 576 valence electrons. The molecule has 0 saturated carbocycles. The fraction of sp³-hybridized carbons (Fsp3) is 0. The quantitative estimate of drug-likeness (QED) is 0.115. The molecule has 0 fully saturated rings. The maximum atomic E-state index is 5.56. The van der Waals surface area contributed by atoms with E-state index in [0.29, 0.717) is 11.6 Å². The summed E-state index contributed by atoms with van der Waals surface area (Å²) in [7, 11) is 0. The van der Waals surface area contributed by atoms with Crippen LogP contribution in [0, 0.1) is 0 Å². The van der Waals surface area contributed by atoms with Gasteiger partial charge in [0.05, 0.1) is 72.6 Å². The molecule has 0 aliphatic heterocycles. The Morgan fingerprint density at radius 3 is 1.11 bits per heavy atom. The average Bonchev–Trinajstić information content (AvgIpc) is 1.55. The van der Waals surface area contributed by atoms with E-state index in [1.807, 2.05) is 6.07 Å². The van der Waals surface area contributed by atoms with Crippen molar-refractivity contribution in [3.05, 3.63) is 437 Å². The summed E-state index contributed by atoms with van der Waals surface area (Å²) in [4.78, 5) is 21.6. The SMILES string of the molecule is c1ccc(-c2cc(-c3ccc(-n4c5ccccc5c5cc6c7cc(-c8cccc(-c9ccccc9-c9cc(-c%10ccccc%10)nc(-c%10ccc(-n%11c%12ccccc%12c%12cc%13c%14ccccc%14n(-c%14ccc%15ccccc%15c%14)c%13cc%12%11)cc%10)n9)c8)ccc7n(-c7cccc8ccccc78)c6cc54)cc3)nc(-c3ccc(-c4cccc5ccccc45)cc3)n2)cc1. The van der Waals surface area contributed by atoms with Crippen LogP contribution in [0.15, 0.2) is 437 Å². The van der Waals surface area contributed by atoms with E-state index in [4.69, 9.17) is 19.9 Å².